The largest absolute Gasteiger partial charge is 0.464 e. The second kappa shape index (κ2) is 8.97. The van der Waals surface area contributed by atoms with Gasteiger partial charge < -0.3 is 9.73 Å². The number of nitrogens with zero attached hydrogens (tertiary/aromatic N) is 3. The van der Waals surface area contributed by atoms with Crippen LogP contribution >= 0.6 is 23.1 Å². The first-order chi connectivity index (χ1) is 14.5. The van der Waals surface area contributed by atoms with Crippen molar-refractivity contribution in [3.8, 4) is 0 Å². The Hall–Kier alpha value is -2.71. The van der Waals surface area contributed by atoms with E-state index < -0.39 is 11.9 Å². The average molecular weight is 445 g/mol. The molecule has 0 spiro atoms. The zero-order chi connectivity index (χ0) is 21.1. The molecule has 4 rings (SSSR count). The highest BCUT2D eigenvalue weighted by Gasteiger charge is 2.37. The van der Waals surface area contributed by atoms with Gasteiger partial charge in [-0.3, -0.25) is 14.5 Å². The predicted octanol–water partition coefficient (Wildman–Crippen LogP) is 4.54. The number of hydrogen-bond acceptors (Lipinski definition) is 6. The van der Waals surface area contributed by atoms with Crippen LogP contribution in [0.2, 0.25) is 5.02 Å². The minimum atomic E-state index is -0.991. The van der Waals surface area contributed by atoms with Crippen molar-refractivity contribution in [2.24, 2.45) is 0 Å². The van der Waals surface area contributed by atoms with Gasteiger partial charge in [-0.25, -0.2) is 0 Å². The van der Waals surface area contributed by atoms with E-state index in [0.29, 0.717) is 22.2 Å². The van der Waals surface area contributed by atoms with Crippen molar-refractivity contribution in [2.45, 2.75) is 44.7 Å². The van der Waals surface area contributed by atoms with Crippen molar-refractivity contribution >= 4 is 40.6 Å². The molecule has 7 nitrogen and oxygen atoms in total. The van der Waals surface area contributed by atoms with Crippen LogP contribution in [0.1, 0.15) is 53.7 Å². The summed E-state index contributed by atoms with van der Waals surface area (Å²) in [5, 5.41) is 9.10. The molecule has 1 aromatic carbocycles. The molecule has 9 heteroatoms. The van der Waals surface area contributed by atoms with E-state index in [9.17, 15) is 9.59 Å². The lowest BCUT2D eigenvalue weighted by atomic mass is 10.1. The van der Waals surface area contributed by atoms with Gasteiger partial charge in [0.1, 0.15) is 11.5 Å². The van der Waals surface area contributed by atoms with Gasteiger partial charge in [0.05, 0.1) is 0 Å². The van der Waals surface area contributed by atoms with E-state index >= 15 is 0 Å². The average Bonchev–Trinajstić information content (AvgIpc) is 3.49. The molecule has 0 radical (unpaired) electrons. The maximum absolute atomic E-state index is 13.4. The molecule has 2 heterocycles. The van der Waals surface area contributed by atoms with Crippen LogP contribution in [0.3, 0.4) is 0 Å². The van der Waals surface area contributed by atoms with Gasteiger partial charge in [-0.05, 0) is 67.7 Å². The zero-order valence-electron chi connectivity index (χ0n) is 16.4. The summed E-state index contributed by atoms with van der Waals surface area (Å²) < 4.78 is 9.61. The highest BCUT2D eigenvalue weighted by Crippen LogP contribution is 2.32. The minimum absolute atomic E-state index is 0.0965. The summed E-state index contributed by atoms with van der Waals surface area (Å²) in [4.78, 5) is 28.3. The number of furan rings is 1. The second-order valence-electron chi connectivity index (χ2n) is 7.28. The molecule has 30 heavy (non-hydrogen) atoms. The molecular formula is C21H21ClN4O3S. The Morgan fingerprint density at radius 1 is 1.20 bits per heavy atom. The van der Waals surface area contributed by atoms with Gasteiger partial charge in [0.15, 0.2) is 11.7 Å². The summed E-state index contributed by atoms with van der Waals surface area (Å²) in [6, 6.07) is 9.36. The number of hydrogen-bond donors (Lipinski definition) is 1. The monoisotopic (exact) mass is 444 g/mol. The molecule has 2 aromatic heterocycles. The molecule has 0 saturated heterocycles. The second-order valence-corrected chi connectivity index (χ2v) is 8.33. The predicted molar refractivity (Wildman–Crippen MR) is 115 cm³/mol. The highest BCUT2D eigenvalue weighted by atomic mass is 35.5. The van der Waals surface area contributed by atoms with Gasteiger partial charge in [0.2, 0.25) is 0 Å². The van der Waals surface area contributed by atoms with Crippen molar-refractivity contribution in [1.29, 1.82) is 0 Å². The standard InChI is InChI=1S/C21H21ClN4O3S/c1-13-6-11-18(29-13)19(20(27)23-15-4-2-3-5-15)26(16-9-7-14(22)8-10-16)21(28)17-12-30-25-24-17/h6-12,15,19H,2-5H2,1H3,(H,23,27)/t19-/m1/s1. The third-order valence-electron chi connectivity index (χ3n) is 5.14. The van der Waals surface area contributed by atoms with E-state index in [-0.39, 0.29) is 17.6 Å². The maximum Gasteiger partial charge on any atom is 0.280 e. The fraction of sp³-hybridized carbons (Fsp3) is 0.333. The molecule has 3 aromatic rings. The van der Waals surface area contributed by atoms with Gasteiger partial charge in [-0.1, -0.05) is 28.9 Å². The van der Waals surface area contributed by atoms with E-state index in [1.165, 1.54) is 4.90 Å². The van der Waals surface area contributed by atoms with Crippen molar-refractivity contribution in [3.63, 3.8) is 0 Å². The van der Waals surface area contributed by atoms with Crippen LogP contribution in [0.4, 0.5) is 5.69 Å². The molecule has 1 atom stereocenters. The van der Waals surface area contributed by atoms with Crippen molar-refractivity contribution in [3.05, 3.63) is 64.0 Å². The fourth-order valence-electron chi connectivity index (χ4n) is 3.69. The Labute approximate surface area is 183 Å². The number of aromatic nitrogens is 2. The molecule has 0 aliphatic heterocycles. The lowest BCUT2D eigenvalue weighted by Gasteiger charge is -2.30. The molecule has 2 amide bonds. The molecule has 1 aliphatic carbocycles. The number of rotatable bonds is 6. The SMILES string of the molecule is Cc1ccc([C@H](C(=O)NC2CCCC2)N(C(=O)c2csnn2)c2ccc(Cl)cc2)o1. The van der Waals surface area contributed by atoms with Crippen LogP contribution in [-0.2, 0) is 4.79 Å². The third-order valence-corrected chi connectivity index (χ3v) is 5.90. The molecule has 1 aliphatic rings. The van der Waals surface area contributed by atoms with E-state index in [1.807, 2.05) is 0 Å². The van der Waals surface area contributed by atoms with Crippen LogP contribution in [0, 0.1) is 6.92 Å². The van der Waals surface area contributed by atoms with E-state index in [1.54, 1.807) is 48.7 Å². The Morgan fingerprint density at radius 2 is 1.93 bits per heavy atom. The fourth-order valence-corrected chi connectivity index (χ4v) is 4.25. The van der Waals surface area contributed by atoms with Crippen LogP contribution < -0.4 is 10.2 Å². The summed E-state index contributed by atoms with van der Waals surface area (Å²) in [7, 11) is 0. The maximum atomic E-state index is 13.4. The number of halogens is 1. The first-order valence-corrected chi connectivity index (χ1v) is 11.0. The lowest BCUT2D eigenvalue weighted by Crippen LogP contribution is -2.46. The Bertz CT molecular complexity index is 1010. The van der Waals surface area contributed by atoms with Crippen LogP contribution in [-0.4, -0.2) is 27.4 Å². The number of benzene rings is 1. The van der Waals surface area contributed by atoms with Gasteiger partial charge >= 0.3 is 0 Å². The molecule has 1 saturated carbocycles. The smallest absolute Gasteiger partial charge is 0.280 e. The first-order valence-electron chi connectivity index (χ1n) is 9.76. The molecule has 0 unspecified atom stereocenters. The Morgan fingerprint density at radius 3 is 2.53 bits per heavy atom. The molecule has 1 fully saturated rings. The number of nitrogens with one attached hydrogen (secondary N) is 1. The van der Waals surface area contributed by atoms with E-state index in [0.717, 1.165) is 37.2 Å². The number of amides is 2. The van der Waals surface area contributed by atoms with Gasteiger partial charge in [-0.15, -0.1) is 5.10 Å². The Balaban J connectivity index is 1.78. The summed E-state index contributed by atoms with van der Waals surface area (Å²) >= 11 is 7.12. The quantitative estimate of drug-likeness (QED) is 0.603. The Kier molecular flexibility index (Phi) is 6.15. The number of aryl methyl sites for hydroxylation is 1. The molecule has 0 bridgehead atoms. The summed E-state index contributed by atoms with van der Waals surface area (Å²) in [5.74, 6) is 0.311. The zero-order valence-corrected chi connectivity index (χ0v) is 17.9. The first kappa shape index (κ1) is 20.6. The van der Waals surface area contributed by atoms with Crippen molar-refractivity contribution < 1.29 is 14.0 Å². The lowest BCUT2D eigenvalue weighted by molar-refractivity contribution is -0.123. The number of carbonyl (C=O) groups is 2. The topological polar surface area (TPSA) is 88.3 Å². The normalized spacial score (nSPS) is 15.1. The van der Waals surface area contributed by atoms with Gasteiger partial charge in [0.25, 0.3) is 11.8 Å². The van der Waals surface area contributed by atoms with E-state index in [4.69, 9.17) is 16.0 Å². The highest BCUT2D eigenvalue weighted by molar-refractivity contribution is 7.03. The van der Waals surface area contributed by atoms with E-state index in [2.05, 4.69) is 14.9 Å². The van der Waals surface area contributed by atoms with Crippen LogP contribution in [0.25, 0.3) is 0 Å². The summed E-state index contributed by atoms with van der Waals surface area (Å²) in [5.41, 5.74) is 0.676. The summed E-state index contributed by atoms with van der Waals surface area (Å²) in [6.07, 6.45) is 4.03. The van der Waals surface area contributed by atoms with Gasteiger partial charge in [-0.2, -0.15) is 0 Å². The third kappa shape index (κ3) is 4.39. The molecular weight excluding hydrogens is 424 g/mol. The number of carbonyl (C=O) groups excluding carboxylic acids is 2. The van der Waals surface area contributed by atoms with Crippen LogP contribution in [0.5, 0.6) is 0 Å². The summed E-state index contributed by atoms with van der Waals surface area (Å²) in [6.45, 7) is 1.80. The molecule has 1 N–H and O–H groups in total. The number of anilines is 1. The van der Waals surface area contributed by atoms with Crippen molar-refractivity contribution in [2.75, 3.05) is 4.90 Å². The molecule has 156 valence electrons. The van der Waals surface area contributed by atoms with Crippen molar-refractivity contribution in [1.82, 2.24) is 14.9 Å². The minimum Gasteiger partial charge on any atom is -0.464 e. The van der Waals surface area contributed by atoms with Gasteiger partial charge in [0, 0.05) is 22.1 Å². The van der Waals surface area contributed by atoms with Crippen LogP contribution in [0.15, 0.2) is 46.2 Å².